The van der Waals surface area contributed by atoms with E-state index in [2.05, 4.69) is 50.6 Å². The first-order valence-corrected chi connectivity index (χ1v) is 9.77. The van der Waals surface area contributed by atoms with E-state index >= 15 is 0 Å². The van der Waals surface area contributed by atoms with Crippen LogP contribution in [0.4, 0.5) is 0 Å². The van der Waals surface area contributed by atoms with Crippen molar-refractivity contribution in [2.75, 3.05) is 20.6 Å². The van der Waals surface area contributed by atoms with Crippen molar-refractivity contribution >= 4 is 27.8 Å². The first kappa shape index (κ1) is 21.0. The molecule has 2 aromatic carbocycles. The molecular weight excluding hydrogens is 404 g/mol. The van der Waals surface area contributed by atoms with Gasteiger partial charge in [0, 0.05) is 37.2 Å². The van der Waals surface area contributed by atoms with E-state index in [-0.39, 0.29) is 5.91 Å². The molecule has 0 aromatic heterocycles. The van der Waals surface area contributed by atoms with Gasteiger partial charge in [-0.2, -0.15) is 0 Å². The minimum Gasteiger partial charge on any atom is -0.357 e. The predicted molar refractivity (Wildman–Crippen MR) is 115 cm³/mol. The Morgan fingerprint density at radius 1 is 1.11 bits per heavy atom. The van der Waals surface area contributed by atoms with Gasteiger partial charge in [0.15, 0.2) is 5.96 Å². The lowest BCUT2D eigenvalue weighted by molar-refractivity contribution is 0.0827. The molecule has 0 aliphatic heterocycles. The number of benzene rings is 2. The summed E-state index contributed by atoms with van der Waals surface area (Å²) >= 11 is 3.49. The lowest BCUT2D eigenvalue weighted by atomic mass is 10.1. The Labute approximate surface area is 170 Å². The molecule has 6 heteroatoms. The zero-order chi connectivity index (χ0) is 19.8. The fourth-order valence-corrected chi connectivity index (χ4v) is 3.04. The van der Waals surface area contributed by atoms with Crippen molar-refractivity contribution in [1.82, 2.24) is 15.5 Å². The first-order chi connectivity index (χ1) is 12.9. The van der Waals surface area contributed by atoms with Gasteiger partial charge in [-0.15, -0.1) is 0 Å². The highest BCUT2D eigenvalue weighted by atomic mass is 79.9. The Morgan fingerprint density at radius 2 is 1.81 bits per heavy atom. The molecule has 0 radical (unpaired) electrons. The van der Waals surface area contributed by atoms with Gasteiger partial charge in [0.25, 0.3) is 5.91 Å². The molecule has 0 atom stereocenters. The number of nitrogens with zero attached hydrogens (tertiary/aromatic N) is 2. The van der Waals surface area contributed by atoms with Crippen LogP contribution in [0.2, 0.25) is 0 Å². The van der Waals surface area contributed by atoms with Gasteiger partial charge in [0.2, 0.25) is 0 Å². The fraction of sp³-hybridized carbons (Fsp3) is 0.333. The maximum atomic E-state index is 12.0. The third-order valence-electron chi connectivity index (χ3n) is 4.12. The SMILES string of the molecule is CCNC(=NCc1ccc(C(=O)N(C)C)cc1)NCc1ccc(Br)cc1C. The highest BCUT2D eigenvalue weighted by Crippen LogP contribution is 2.15. The van der Waals surface area contributed by atoms with Gasteiger partial charge >= 0.3 is 0 Å². The number of rotatable bonds is 6. The maximum absolute atomic E-state index is 12.0. The summed E-state index contributed by atoms with van der Waals surface area (Å²) in [6.07, 6.45) is 0. The van der Waals surface area contributed by atoms with Crippen LogP contribution in [0.3, 0.4) is 0 Å². The molecule has 0 bridgehead atoms. The Balaban J connectivity index is 2.01. The fourth-order valence-electron chi connectivity index (χ4n) is 2.56. The number of halogens is 1. The van der Waals surface area contributed by atoms with Crippen molar-refractivity contribution in [3.63, 3.8) is 0 Å². The summed E-state index contributed by atoms with van der Waals surface area (Å²) in [4.78, 5) is 18.2. The molecule has 2 aromatic rings. The van der Waals surface area contributed by atoms with Gasteiger partial charge in [0.1, 0.15) is 0 Å². The lowest BCUT2D eigenvalue weighted by Gasteiger charge is -2.13. The number of hydrogen-bond acceptors (Lipinski definition) is 2. The zero-order valence-electron chi connectivity index (χ0n) is 16.3. The van der Waals surface area contributed by atoms with Crippen LogP contribution in [-0.2, 0) is 13.1 Å². The Kier molecular flexibility index (Phi) is 7.85. The second-order valence-electron chi connectivity index (χ2n) is 6.52. The van der Waals surface area contributed by atoms with Crippen LogP contribution in [0.1, 0.15) is 34.0 Å². The number of carbonyl (C=O) groups is 1. The van der Waals surface area contributed by atoms with Crippen LogP contribution in [0.25, 0.3) is 0 Å². The average molecular weight is 431 g/mol. The summed E-state index contributed by atoms with van der Waals surface area (Å²) in [5, 5.41) is 6.64. The molecule has 5 nitrogen and oxygen atoms in total. The van der Waals surface area contributed by atoms with Crippen molar-refractivity contribution in [1.29, 1.82) is 0 Å². The van der Waals surface area contributed by atoms with Crippen molar-refractivity contribution in [3.05, 3.63) is 69.2 Å². The van der Waals surface area contributed by atoms with Crippen LogP contribution >= 0.6 is 15.9 Å². The molecule has 1 amide bonds. The monoisotopic (exact) mass is 430 g/mol. The standard InChI is InChI=1S/C21H27BrN4O/c1-5-23-21(25-14-18-10-11-19(22)12-15(18)2)24-13-16-6-8-17(9-7-16)20(27)26(3)4/h6-12H,5,13-14H2,1-4H3,(H2,23,24,25). The Morgan fingerprint density at radius 3 is 2.41 bits per heavy atom. The average Bonchev–Trinajstić information content (AvgIpc) is 2.65. The second-order valence-corrected chi connectivity index (χ2v) is 7.43. The summed E-state index contributed by atoms with van der Waals surface area (Å²) < 4.78 is 1.08. The second kappa shape index (κ2) is 10.1. The molecular formula is C21H27BrN4O. The zero-order valence-corrected chi connectivity index (χ0v) is 17.9. The van der Waals surface area contributed by atoms with Crippen molar-refractivity contribution < 1.29 is 4.79 Å². The molecule has 144 valence electrons. The summed E-state index contributed by atoms with van der Waals surface area (Å²) in [7, 11) is 3.50. The third kappa shape index (κ3) is 6.40. The molecule has 0 heterocycles. The Bertz CT molecular complexity index is 800. The Hall–Kier alpha value is -2.34. The number of aliphatic imine (C=N–C) groups is 1. The molecule has 2 rings (SSSR count). The molecule has 27 heavy (non-hydrogen) atoms. The highest BCUT2D eigenvalue weighted by Gasteiger charge is 2.07. The summed E-state index contributed by atoms with van der Waals surface area (Å²) in [6, 6.07) is 13.8. The number of nitrogens with one attached hydrogen (secondary N) is 2. The van der Waals surface area contributed by atoms with E-state index in [1.807, 2.05) is 37.3 Å². The number of aryl methyl sites for hydroxylation is 1. The van der Waals surface area contributed by atoms with Gasteiger partial charge in [0.05, 0.1) is 6.54 Å². The highest BCUT2D eigenvalue weighted by molar-refractivity contribution is 9.10. The van der Waals surface area contributed by atoms with Gasteiger partial charge in [-0.1, -0.05) is 34.1 Å². The van der Waals surface area contributed by atoms with E-state index in [1.165, 1.54) is 11.1 Å². The van der Waals surface area contributed by atoms with E-state index < -0.39 is 0 Å². The first-order valence-electron chi connectivity index (χ1n) is 8.98. The number of amides is 1. The number of carbonyl (C=O) groups excluding carboxylic acids is 1. The molecule has 0 saturated heterocycles. The van der Waals surface area contributed by atoms with Crippen LogP contribution in [0, 0.1) is 6.92 Å². The largest absolute Gasteiger partial charge is 0.357 e. The molecule has 0 unspecified atom stereocenters. The molecule has 0 aliphatic carbocycles. The van der Waals surface area contributed by atoms with Crippen molar-refractivity contribution in [2.24, 2.45) is 4.99 Å². The third-order valence-corrected chi connectivity index (χ3v) is 4.62. The van der Waals surface area contributed by atoms with E-state index in [4.69, 9.17) is 0 Å². The summed E-state index contributed by atoms with van der Waals surface area (Å²) in [6.45, 7) is 6.19. The molecule has 2 N–H and O–H groups in total. The molecule has 0 spiro atoms. The topological polar surface area (TPSA) is 56.7 Å². The van der Waals surface area contributed by atoms with Gasteiger partial charge < -0.3 is 15.5 Å². The van der Waals surface area contributed by atoms with Crippen LogP contribution in [0.15, 0.2) is 51.9 Å². The normalized spacial score (nSPS) is 11.2. The number of hydrogen-bond donors (Lipinski definition) is 2. The van der Waals surface area contributed by atoms with E-state index in [1.54, 1.807) is 19.0 Å². The molecule has 0 saturated carbocycles. The quantitative estimate of drug-likeness (QED) is 0.542. The lowest BCUT2D eigenvalue weighted by Crippen LogP contribution is -2.36. The van der Waals surface area contributed by atoms with E-state index in [0.29, 0.717) is 18.7 Å². The van der Waals surface area contributed by atoms with Gasteiger partial charge in [-0.25, -0.2) is 4.99 Å². The van der Waals surface area contributed by atoms with Crippen molar-refractivity contribution in [2.45, 2.75) is 26.9 Å². The van der Waals surface area contributed by atoms with Crippen LogP contribution in [0.5, 0.6) is 0 Å². The van der Waals surface area contributed by atoms with E-state index in [9.17, 15) is 4.79 Å². The molecule has 0 fully saturated rings. The smallest absolute Gasteiger partial charge is 0.253 e. The van der Waals surface area contributed by atoms with E-state index in [0.717, 1.165) is 22.5 Å². The summed E-state index contributed by atoms with van der Waals surface area (Å²) in [5.74, 6) is 0.776. The predicted octanol–water partition coefficient (Wildman–Crippen LogP) is 3.71. The van der Waals surface area contributed by atoms with Gasteiger partial charge in [-0.3, -0.25) is 4.79 Å². The summed E-state index contributed by atoms with van der Waals surface area (Å²) in [5.41, 5.74) is 4.20. The van der Waals surface area contributed by atoms with Crippen molar-refractivity contribution in [3.8, 4) is 0 Å². The van der Waals surface area contributed by atoms with Gasteiger partial charge in [-0.05, 0) is 54.8 Å². The number of guanidine groups is 1. The van der Waals surface area contributed by atoms with Crippen LogP contribution < -0.4 is 10.6 Å². The maximum Gasteiger partial charge on any atom is 0.253 e. The minimum atomic E-state index is 0.00456. The molecule has 0 aliphatic rings. The van der Waals surface area contributed by atoms with Crippen LogP contribution in [-0.4, -0.2) is 37.4 Å². The minimum absolute atomic E-state index is 0.00456.